The van der Waals surface area contributed by atoms with Crippen LogP contribution in [-0.4, -0.2) is 0 Å². The fourth-order valence-electron chi connectivity index (χ4n) is 1.31. The summed E-state index contributed by atoms with van der Waals surface area (Å²) in [4.78, 5) is 0.950. The van der Waals surface area contributed by atoms with Gasteiger partial charge in [-0.25, -0.2) is 4.39 Å². The van der Waals surface area contributed by atoms with Gasteiger partial charge in [0.15, 0.2) is 0 Å². The normalized spacial score (nSPS) is 10.5. The third-order valence-electron chi connectivity index (χ3n) is 2.21. The average molecular weight is 287 g/mol. The second-order valence-electron chi connectivity index (χ2n) is 3.49. The van der Waals surface area contributed by atoms with Crippen LogP contribution in [0.1, 0.15) is 5.56 Å². The molecule has 0 bridgehead atoms. The van der Waals surface area contributed by atoms with Crippen molar-refractivity contribution in [3.05, 3.63) is 63.9 Å². The molecule has 0 heterocycles. The monoisotopic (exact) mass is 286 g/mol. The molecular weight excluding hydrogens is 278 g/mol. The van der Waals surface area contributed by atoms with E-state index in [1.165, 1.54) is 11.6 Å². The van der Waals surface area contributed by atoms with Gasteiger partial charge in [0.2, 0.25) is 0 Å². The van der Waals surface area contributed by atoms with Crippen molar-refractivity contribution in [2.45, 2.75) is 10.6 Å². The molecule has 0 aromatic heterocycles. The molecule has 0 saturated heterocycles. The number of thioether (sulfide) groups is 1. The first kappa shape index (κ1) is 12.7. The highest BCUT2D eigenvalue weighted by atomic mass is 35.5. The first-order chi connectivity index (χ1) is 8.15. The van der Waals surface area contributed by atoms with Crippen molar-refractivity contribution in [1.82, 2.24) is 0 Å². The summed E-state index contributed by atoms with van der Waals surface area (Å²) < 4.78 is 13.0. The molecule has 0 fully saturated rings. The summed E-state index contributed by atoms with van der Waals surface area (Å²) in [7, 11) is 0. The highest BCUT2D eigenvalue weighted by Gasteiger charge is 2.02. The molecule has 0 aliphatic carbocycles. The fraction of sp³-hybridized carbons (Fsp3) is 0.0769. The Kier molecular flexibility index (Phi) is 4.32. The second kappa shape index (κ2) is 5.76. The van der Waals surface area contributed by atoms with Gasteiger partial charge in [-0.05, 0) is 35.9 Å². The summed E-state index contributed by atoms with van der Waals surface area (Å²) >= 11 is 13.1. The number of halogens is 3. The third-order valence-corrected chi connectivity index (χ3v) is 3.82. The molecule has 0 N–H and O–H groups in total. The number of hydrogen-bond acceptors (Lipinski definition) is 1. The van der Waals surface area contributed by atoms with Crippen molar-refractivity contribution in [3.8, 4) is 0 Å². The zero-order valence-electron chi connectivity index (χ0n) is 8.79. The van der Waals surface area contributed by atoms with Gasteiger partial charge in [-0.1, -0.05) is 35.3 Å². The van der Waals surface area contributed by atoms with Crippen molar-refractivity contribution in [1.29, 1.82) is 0 Å². The van der Waals surface area contributed by atoms with E-state index in [0.717, 1.165) is 15.7 Å². The smallest absolute Gasteiger partial charge is 0.141 e. The molecule has 2 aromatic rings. The highest BCUT2D eigenvalue weighted by Crippen LogP contribution is 2.27. The van der Waals surface area contributed by atoms with Crippen LogP contribution in [0.4, 0.5) is 4.39 Å². The topological polar surface area (TPSA) is 0 Å². The van der Waals surface area contributed by atoms with Gasteiger partial charge in [0.1, 0.15) is 5.82 Å². The summed E-state index contributed by atoms with van der Waals surface area (Å²) in [6, 6.07) is 12.4. The summed E-state index contributed by atoms with van der Waals surface area (Å²) in [5.41, 5.74) is 1.17. The number of rotatable bonds is 3. The number of benzene rings is 2. The molecule has 0 saturated carbocycles. The zero-order chi connectivity index (χ0) is 12.3. The standard InChI is InChI=1S/C13H9Cl2FS/c14-10-3-1-9(2-4-10)8-17-11-5-6-13(16)12(15)7-11/h1-7H,8H2. The number of hydrogen-bond donors (Lipinski definition) is 0. The molecule has 0 atom stereocenters. The van der Waals surface area contributed by atoms with E-state index in [-0.39, 0.29) is 10.8 Å². The summed E-state index contributed by atoms with van der Waals surface area (Å²) in [5.74, 6) is 0.418. The van der Waals surface area contributed by atoms with E-state index in [1.807, 2.05) is 24.3 Å². The lowest BCUT2D eigenvalue weighted by molar-refractivity contribution is 0.627. The minimum atomic E-state index is -0.387. The van der Waals surface area contributed by atoms with Crippen molar-refractivity contribution in [2.75, 3.05) is 0 Å². The predicted molar refractivity (Wildman–Crippen MR) is 72.4 cm³/mol. The molecule has 88 valence electrons. The fourth-order valence-corrected chi connectivity index (χ4v) is 2.58. The minimum absolute atomic E-state index is 0.158. The molecule has 2 rings (SSSR count). The summed E-state index contributed by atoms with van der Waals surface area (Å²) in [5, 5.41) is 0.884. The Bertz CT molecular complexity index is 511. The van der Waals surface area contributed by atoms with Crippen LogP contribution in [0.2, 0.25) is 10.0 Å². The molecule has 2 aromatic carbocycles. The van der Waals surface area contributed by atoms with Crippen LogP contribution in [0.15, 0.2) is 47.4 Å². The van der Waals surface area contributed by atoms with Gasteiger partial charge in [0.05, 0.1) is 5.02 Å². The van der Waals surface area contributed by atoms with Crippen molar-refractivity contribution in [2.24, 2.45) is 0 Å². The maximum absolute atomic E-state index is 13.0. The van der Waals surface area contributed by atoms with E-state index in [1.54, 1.807) is 23.9 Å². The Labute approximate surface area is 114 Å². The maximum Gasteiger partial charge on any atom is 0.141 e. The van der Waals surface area contributed by atoms with Gasteiger partial charge in [-0.3, -0.25) is 0 Å². The van der Waals surface area contributed by atoms with Crippen LogP contribution in [-0.2, 0) is 5.75 Å². The molecule has 17 heavy (non-hydrogen) atoms. The summed E-state index contributed by atoms with van der Waals surface area (Å²) in [6.45, 7) is 0. The lowest BCUT2D eigenvalue weighted by Gasteiger charge is -2.03. The van der Waals surface area contributed by atoms with Gasteiger partial charge in [0.25, 0.3) is 0 Å². The van der Waals surface area contributed by atoms with Crippen LogP contribution >= 0.6 is 35.0 Å². The molecular formula is C13H9Cl2FS. The Morgan fingerprint density at radius 1 is 1.00 bits per heavy atom. The third kappa shape index (κ3) is 3.63. The van der Waals surface area contributed by atoms with Crippen LogP contribution in [0.5, 0.6) is 0 Å². The Morgan fingerprint density at radius 2 is 1.71 bits per heavy atom. The van der Waals surface area contributed by atoms with E-state index in [9.17, 15) is 4.39 Å². The first-order valence-corrected chi connectivity index (χ1v) is 6.71. The molecule has 0 aliphatic heterocycles. The van der Waals surface area contributed by atoms with Crippen LogP contribution in [0.25, 0.3) is 0 Å². The van der Waals surface area contributed by atoms with E-state index >= 15 is 0 Å². The van der Waals surface area contributed by atoms with Gasteiger partial charge < -0.3 is 0 Å². The molecule has 0 amide bonds. The maximum atomic E-state index is 13.0. The molecule has 0 radical (unpaired) electrons. The van der Waals surface area contributed by atoms with E-state index in [0.29, 0.717) is 0 Å². The van der Waals surface area contributed by atoms with Gasteiger partial charge in [0, 0.05) is 15.7 Å². The highest BCUT2D eigenvalue weighted by molar-refractivity contribution is 7.98. The quantitative estimate of drug-likeness (QED) is 0.679. The van der Waals surface area contributed by atoms with Crippen LogP contribution in [0.3, 0.4) is 0 Å². The molecule has 4 heteroatoms. The van der Waals surface area contributed by atoms with Crippen LogP contribution in [0, 0.1) is 5.82 Å². The van der Waals surface area contributed by atoms with E-state index < -0.39 is 0 Å². The van der Waals surface area contributed by atoms with E-state index in [4.69, 9.17) is 23.2 Å². The Balaban J connectivity index is 2.02. The van der Waals surface area contributed by atoms with E-state index in [2.05, 4.69) is 0 Å². The SMILES string of the molecule is Fc1ccc(SCc2ccc(Cl)cc2)cc1Cl. The van der Waals surface area contributed by atoms with Crippen molar-refractivity contribution < 1.29 is 4.39 Å². The average Bonchev–Trinajstić information content (AvgIpc) is 2.33. The van der Waals surface area contributed by atoms with Crippen molar-refractivity contribution in [3.63, 3.8) is 0 Å². The van der Waals surface area contributed by atoms with Crippen molar-refractivity contribution >= 4 is 35.0 Å². The Morgan fingerprint density at radius 3 is 2.35 bits per heavy atom. The van der Waals surface area contributed by atoms with Gasteiger partial charge in [-0.2, -0.15) is 0 Å². The molecule has 0 unspecified atom stereocenters. The first-order valence-electron chi connectivity index (χ1n) is 4.97. The van der Waals surface area contributed by atoms with Gasteiger partial charge >= 0.3 is 0 Å². The van der Waals surface area contributed by atoms with Crippen LogP contribution < -0.4 is 0 Å². The molecule has 0 aliphatic rings. The minimum Gasteiger partial charge on any atom is -0.205 e. The second-order valence-corrected chi connectivity index (χ2v) is 5.38. The lowest BCUT2D eigenvalue weighted by atomic mass is 10.2. The Hall–Kier alpha value is -0.700. The molecule has 0 nitrogen and oxygen atoms in total. The predicted octanol–water partition coefficient (Wildman–Crippen LogP) is 5.42. The molecule has 0 spiro atoms. The lowest BCUT2D eigenvalue weighted by Crippen LogP contribution is -1.81. The van der Waals surface area contributed by atoms with Gasteiger partial charge in [-0.15, -0.1) is 11.8 Å². The largest absolute Gasteiger partial charge is 0.205 e. The summed E-state index contributed by atoms with van der Waals surface area (Å²) in [6.07, 6.45) is 0. The zero-order valence-corrected chi connectivity index (χ0v) is 11.1.